The van der Waals surface area contributed by atoms with Crippen molar-refractivity contribution in [1.82, 2.24) is 10.6 Å². The minimum absolute atomic E-state index is 0.0901. The van der Waals surface area contributed by atoms with Crippen LogP contribution in [0, 0.1) is 11.8 Å². The van der Waals surface area contributed by atoms with E-state index in [1.54, 1.807) is 36.4 Å². The van der Waals surface area contributed by atoms with E-state index in [4.69, 9.17) is 28.4 Å². The van der Waals surface area contributed by atoms with E-state index in [1.165, 1.54) is 34.9 Å². The lowest BCUT2D eigenvalue weighted by atomic mass is 9.76. The monoisotopic (exact) mass is 570 g/mol. The van der Waals surface area contributed by atoms with Gasteiger partial charge in [-0.3, -0.25) is 0 Å². The number of para-hydroxylation sites is 2. The molecule has 2 aromatic rings. The first-order valence-corrected chi connectivity index (χ1v) is 14.3. The predicted molar refractivity (Wildman–Crippen MR) is 154 cm³/mol. The van der Waals surface area contributed by atoms with E-state index >= 15 is 0 Å². The Hall–Kier alpha value is -3.82. The molecular weight excluding hydrogens is 528 g/mol. The van der Waals surface area contributed by atoms with Crippen molar-refractivity contribution in [3.05, 3.63) is 36.4 Å². The van der Waals surface area contributed by atoms with Gasteiger partial charge in [-0.25, -0.2) is 9.59 Å². The molecule has 2 aliphatic carbocycles. The van der Waals surface area contributed by atoms with Crippen molar-refractivity contribution in [3.8, 4) is 34.5 Å². The Balaban J connectivity index is 1.16. The Morgan fingerprint density at radius 2 is 0.902 bits per heavy atom. The van der Waals surface area contributed by atoms with Crippen LogP contribution in [0.5, 0.6) is 34.5 Å². The van der Waals surface area contributed by atoms with E-state index in [9.17, 15) is 9.59 Å². The Kier molecular flexibility index (Phi) is 10.8. The van der Waals surface area contributed by atoms with Gasteiger partial charge in [-0.05, 0) is 93.9 Å². The lowest BCUT2D eigenvalue weighted by Gasteiger charge is -2.34. The van der Waals surface area contributed by atoms with Crippen molar-refractivity contribution in [2.75, 3.05) is 28.4 Å². The highest BCUT2D eigenvalue weighted by atomic mass is 16.6. The molecule has 2 N–H and O–H groups in total. The second-order valence-corrected chi connectivity index (χ2v) is 10.7. The third-order valence-electron chi connectivity index (χ3n) is 8.16. The number of carbonyl (C=O) groups excluding carboxylic acids is 2. The summed E-state index contributed by atoms with van der Waals surface area (Å²) in [5.41, 5.74) is 0. The number of methoxy groups -OCH3 is 4. The quantitative estimate of drug-likeness (QED) is 0.352. The van der Waals surface area contributed by atoms with Crippen molar-refractivity contribution >= 4 is 12.2 Å². The van der Waals surface area contributed by atoms with Gasteiger partial charge in [0, 0.05) is 12.1 Å². The Labute approximate surface area is 242 Å². The van der Waals surface area contributed by atoms with Crippen LogP contribution in [-0.2, 0) is 0 Å². The van der Waals surface area contributed by atoms with Crippen molar-refractivity contribution in [2.45, 2.75) is 69.9 Å². The Morgan fingerprint density at radius 3 is 1.20 bits per heavy atom. The third-order valence-corrected chi connectivity index (χ3v) is 8.16. The van der Waals surface area contributed by atoms with Gasteiger partial charge in [0.25, 0.3) is 0 Å². The topological polar surface area (TPSA) is 114 Å². The number of rotatable bonds is 10. The predicted octanol–water partition coefficient (Wildman–Crippen LogP) is 6.11. The maximum atomic E-state index is 12.6. The van der Waals surface area contributed by atoms with Crippen LogP contribution < -0.4 is 39.1 Å². The molecule has 0 aliphatic heterocycles. The van der Waals surface area contributed by atoms with E-state index in [0.29, 0.717) is 34.8 Å². The van der Waals surface area contributed by atoms with Gasteiger partial charge >= 0.3 is 12.2 Å². The molecule has 10 nitrogen and oxygen atoms in total. The van der Waals surface area contributed by atoms with E-state index in [1.807, 2.05) is 0 Å². The standard InChI is InChI=1S/C31H42N2O8/c1-36-24-7-5-8-25(37-2)28(24)40-30(34)32-22-15-11-20(12-16-22)19-21-13-17-23(18-14-21)33-31(35)41-29-26(38-3)9-6-10-27(29)39-4/h5-10,20-23H,11-19H2,1-4H3,(H,32,34)(H,33,35). The molecule has 2 saturated carbocycles. The van der Waals surface area contributed by atoms with E-state index < -0.39 is 12.2 Å². The van der Waals surface area contributed by atoms with Gasteiger partial charge in [-0.2, -0.15) is 0 Å². The van der Waals surface area contributed by atoms with Gasteiger partial charge in [0.2, 0.25) is 11.5 Å². The van der Waals surface area contributed by atoms with Gasteiger partial charge in [0.05, 0.1) is 28.4 Å². The lowest BCUT2D eigenvalue weighted by molar-refractivity contribution is 0.172. The molecule has 0 heterocycles. The number of ether oxygens (including phenoxy) is 6. The summed E-state index contributed by atoms with van der Waals surface area (Å²) in [5.74, 6) is 3.64. The van der Waals surface area contributed by atoms with Crippen LogP contribution in [0.3, 0.4) is 0 Å². The Morgan fingerprint density at radius 1 is 0.585 bits per heavy atom. The van der Waals surface area contributed by atoms with Crippen LogP contribution in [-0.4, -0.2) is 52.7 Å². The lowest BCUT2D eigenvalue weighted by Crippen LogP contribution is -2.40. The van der Waals surface area contributed by atoms with Crippen molar-refractivity contribution < 1.29 is 38.0 Å². The van der Waals surface area contributed by atoms with Crippen molar-refractivity contribution in [2.24, 2.45) is 11.8 Å². The van der Waals surface area contributed by atoms with E-state index in [2.05, 4.69) is 10.6 Å². The van der Waals surface area contributed by atoms with Gasteiger partial charge in [-0.1, -0.05) is 12.1 Å². The zero-order chi connectivity index (χ0) is 29.2. The average molecular weight is 571 g/mol. The van der Waals surface area contributed by atoms with E-state index in [-0.39, 0.29) is 23.6 Å². The van der Waals surface area contributed by atoms with Gasteiger partial charge in [0.15, 0.2) is 23.0 Å². The van der Waals surface area contributed by atoms with Crippen LogP contribution in [0.4, 0.5) is 9.59 Å². The highest BCUT2D eigenvalue weighted by Crippen LogP contribution is 2.39. The second kappa shape index (κ2) is 14.7. The molecule has 10 heteroatoms. The summed E-state index contributed by atoms with van der Waals surface area (Å²) in [6.45, 7) is 0. The molecule has 0 unspecified atom stereocenters. The van der Waals surface area contributed by atoms with E-state index in [0.717, 1.165) is 51.4 Å². The summed E-state index contributed by atoms with van der Waals surface area (Å²) in [6, 6.07) is 10.6. The number of nitrogens with one attached hydrogen (secondary N) is 2. The zero-order valence-electron chi connectivity index (χ0n) is 24.4. The maximum absolute atomic E-state index is 12.6. The van der Waals surface area contributed by atoms with Crippen LogP contribution in [0.2, 0.25) is 0 Å². The summed E-state index contributed by atoms with van der Waals surface area (Å²) in [6.07, 6.45) is 8.22. The van der Waals surface area contributed by atoms with Gasteiger partial charge < -0.3 is 39.1 Å². The summed E-state index contributed by atoms with van der Waals surface area (Å²) in [5, 5.41) is 6.02. The molecule has 224 valence electrons. The third kappa shape index (κ3) is 8.11. The normalized spacial score (nSPS) is 22.1. The molecule has 0 saturated heterocycles. The minimum Gasteiger partial charge on any atom is -0.493 e. The fourth-order valence-electron chi connectivity index (χ4n) is 5.97. The number of hydrogen-bond donors (Lipinski definition) is 2. The number of amides is 2. The first kappa shape index (κ1) is 30.1. The molecular formula is C31H42N2O8. The first-order valence-electron chi connectivity index (χ1n) is 14.3. The molecule has 2 fully saturated rings. The van der Waals surface area contributed by atoms with Crippen molar-refractivity contribution in [3.63, 3.8) is 0 Å². The number of hydrogen-bond acceptors (Lipinski definition) is 8. The second-order valence-electron chi connectivity index (χ2n) is 10.7. The smallest absolute Gasteiger partial charge is 0.413 e. The molecule has 2 aliphatic rings. The first-order chi connectivity index (χ1) is 19.9. The average Bonchev–Trinajstić information content (AvgIpc) is 2.99. The van der Waals surface area contributed by atoms with Crippen LogP contribution >= 0.6 is 0 Å². The minimum atomic E-state index is -0.496. The molecule has 4 rings (SSSR count). The van der Waals surface area contributed by atoms with Crippen LogP contribution in [0.1, 0.15) is 57.8 Å². The van der Waals surface area contributed by atoms with Crippen LogP contribution in [0.15, 0.2) is 36.4 Å². The molecule has 2 aromatic carbocycles. The molecule has 2 amide bonds. The van der Waals surface area contributed by atoms with Gasteiger partial charge in [-0.15, -0.1) is 0 Å². The molecule has 0 spiro atoms. The Bertz CT molecular complexity index is 1020. The molecule has 41 heavy (non-hydrogen) atoms. The number of carbonyl (C=O) groups is 2. The SMILES string of the molecule is COc1cccc(OC)c1OC(=O)NC1CCC(CC2CCC(NC(=O)Oc3c(OC)cccc3OC)CC2)CC1. The van der Waals surface area contributed by atoms with Crippen LogP contribution in [0.25, 0.3) is 0 Å². The summed E-state index contributed by atoms with van der Waals surface area (Å²) < 4.78 is 32.3. The number of benzene rings is 2. The molecule has 0 aromatic heterocycles. The highest BCUT2D eigenvalue weighted by molar-refractivity contribution is 5.74. The molecule has 0 radical (unpaired) electrons. The molecule has 0 bridgehead atoms. The molecule has 0 atom stereocenters. The van der Waals surface area contributed by atoms with Crippen molar-refractivity contribution in [1.29, 1.82) is 0 Å². The zero-order valence-corrected chi connectivity index (χ0v) is 24.4. The fourth-order valence-corrected chi connectivity index (χ4v) is 5.97. The maximum Gasteiger partial charge on any atom is 0.413 e. The summed E-state index contributed by atoms with van der Waals surface area (Å²) in [4.78, 5) is 25.2. The largest absolute Gasteiger partial charge is 0.493 e. The fraction of sp³-hybridized carbons (Fsp3) is 0.548. The summed E-state index contributed by atoms with van der Waals surface area (Å²) >= 11 is 0. The summed E-state index contributed by atoms with van der Waals surface area (Å²) in [7, 11) is 6.11. The highest BCUT2D eigenvalue weighted by Gasteiger charge is 2.29. The van der Waals surface area contributed by atoms with Gasteiger partial charge in [0.1, 0.15) is 0 Å².